The minimum Gasteiger partial charge on any atom is -0.508 e. The first-order valence-electron chi connectivity index (χ1n) is 13.7. The molecular formula is C31H33NO6. The van der Waals surface area contributed by atoms with Crippen LogP contribution in [-0.2, 0) is 14.3 Å². The molecule has 2 aliphatic heterocycles. The van der Waals surface area contributed by atoms with Crippen LogP contribution in [0.1, 0.15) is 81.3 Å². The van der Waals surface area contributed by atoms with E-state index in [2.05, 4.69) is 5.32 Å². The van der Waals surface area contributed by atoms with Gasteiger partial charge in [0, 0.05) is 29.3 Å². The van der Waals surface area contributed by atoms with Gasteiger partial charge in [0.15, 0.2) is 17.3 Å². The Morgan fingerprint density at radius 1 is 1.03 bits per heavy atom. The van der Waals surface area contributed by atoms with Crippen LogP contribution >= 0.6 is 0 Å². The third-order valence-corrected chi connectivity index (χ3v) is 8.18. The third kappa shape index (κ3) is 4.55. The SMILES string of the molecule is CCC1=C(C(=O)OC2CCCCC2)C(c2cccc(O)c2)C2=C(CC(c3ccc4c(c3)OCO4)CC2=O)N1. The molecule has 2 aromatic rings. The van der Waals surface area contributed by atoms with Gasteiger partial charge < -0.3 is 24.6 Å². The quantitative estimate of drug-likeness (QED) is 0.490. The van der Waals surface area contributed by atoms with E-state index in [1.807, 2.05) is 31.2 Å². The molecule has 7 nitrogen and oxygen atoms in total. The highest BCUT2D eigenvalue weighted by Gasteiger charge is 2.42. The average molecular weight is 516 g/mol. The van der Waals surface area contributed by atoms with E-state index in [4.69, 9.17) is 14.2 Å². The van der Waals surface area contributed by atoms with Crippen LogP contribution in [-0.4, -0.2) is 29.8 Å². The maximum Gasteiger partial charge on any atom is 0.337 e. The third-order valence-electron chi connectivity index (χ3n) is 8.18. The van der Waals surface area contributed by atoms with Crippen molar-refractivity contribution in [2.75, 3.05) is 6.79 Å². The zero-order chi connectivity index (χ0) is 26.2. The molecule has 0 amide bonds. The second-order valence-corrected chi connectivity index (χ2v) is 10.6. The van der Waals surface area contributed by atoms with E-state index in [9.17, 15) is 14.7 Å². The first-order chi connectivity index (χ1) is 18.5. The van der Waals surface area contributed by atoms with Crippen molar-refractivity contribution in [2.24, 2.45) is 0 Å². The lowest BCUT2D eigenvalue weighted by atomic mass is 9.71. The van der Waals surface area contributed by atoms with Gasteiger partial charge in [0.25, 0.3) is 0 Å². The maximum absolute atomic E-state index is 13.9. The summed E-state index contributed by atoms with van der Waals surface area (Å²) in [6.45, 7) is 2.20. The summed E-state index contributed by atoms with van der Waals surface area (Å²) >= 11 is 0. The molecule has 2 atom stereocenters. The molecule has 4 aliphatic rings. The number of carbonyl (C=O) groups excluding carboxylic acids is 2. The van der Waals surface area contributed by atoms with Gasteiger partial charge >= 0.3 is 5.97 Å². The number of phenols is 1. The Morgan fingerprint density at radius 3 is 2.63 bits per heavy atom. The molecule has 198 valence electrons. The number of dihydropyridines is 1. The molecule has 2 aliphatic carbocycles. The number of fused-ring (bicyclic) bond motifs is 1. The van der Waals surface area contributed by atoms with Crippen molar-refractivity contribution in [1.29, 1.82) is 0 Å². The fourth-order valence-electron chi connectivity index (χ4n) is 6.31. The van der Waals surface area contributed by atoms with Gasteiger partial charge in [-0.2, -0.15) is 0 Å². The molecule has 0 bridgehead atoms. The van der Waals surface area contributed by atoms with Gasteiger partial charge in [-0.25, -0.2) is 4.79 Å². The molecule has 2 N–H and O–H groups in total. The number of phenolic OH excluding ortho intramolecular Hbond substituents is 1. The normalized spacial score (nSPS) is 23.2. The van der Waals surface area contributed by atoms with E-state index >= 15 is 0 Å². The van der Waals surface area contributed by atoms with Crippen LogP contribution in [0, 0.1) is 0 Å². The Kier molecular flexibility index (Phi) is 6.60. The number of rotatable bonds is 5. The monoisotopic (exact) mass is 515 g/mol. The summed E-state index contributed by atoms with van der Waals surface area (Å²) in [5.41, 5.74) is 4.43. The lowest BCUT2D eigenvalue weighted by Crippen LogP contribution is -2.37. The Labute approximate surface area is 222 Å². The molecule has 1 fully saturated rings. The highest BCUT2D eigenvalue weighted by molar-refractivity contribution is 6.04. The van der Waals surface area contributed by atoms with E-state index in [1.54, 1.807) is 18.2 Å². The summed E-state index contributed by atoms with van der Waals surface area (Å²) in [5, 5.41) is 13.8. The lowest BCUT2D eigenvalue weighted by molar-refractivity contribution is -0.146. The van der Waals surface area contributed by atoms with E-state index in [0.717, 1.165) is 48.2 Å². The van der Waals surface area contributed by atoms with Crippen molar-refractivity contribution >= 4 is 11.8 Å². The topological polar surface area (TPSA) is 94.1 Å². The molecule has 38 heavy (non-hydrogen) atoms. The number of allylic oxidation sites excluding steroid dienone is 3. The number of benzene rings is 2. The molecule has 0 spiro atoms. The number of hydrogen-bond donors (Lipinski definition) is 2. The van der Waals surface area contributed by atoms with Crippen LogP contribution in [0.15, 0.2) is 65.0 Å². The summed E-state index contributed by atoms with van der Waals surface area (Å²) in [6, 6.07) is 12.7. The minimum atomic E-state index is -0.588. The zero-order valence-corrected chi connectivity index (χ0v) is 21.6. The van der Waals surface area contributed by atoms with Crippen molar-refractivity contribution in [3.05, 3.63) is 76.1 Å². The Bertz CT molecular complexity index is 1340. The number of ketones is 1. The Hall–Kier alpha value is -3.74. The second-order valence-electron chi connectivity index (χ2n) is 10.6. The molecule has 2 heterocycles. The van der Waals surface area contributed by atoms with Gasteiger partial charge in [-0.1, -0.05) is 31.5 Å². The Morgan fingerprint density at radius 2 is 1.84 bits per heavy atom. The van der Waals surface area contributed by atoms with Gasteiger partial charge in [0.2, 0.25) is 6.79 Å². The fraction of sp³-hybridized carbons (Fsp3) is 0.419. The van der Waals surface area contributed by atoms with Crippen LogP contribution in [0.2, 0.25) is 0 Å². The summed E-state index contributed by atoms with van der Waals surface area (Å²) in [5.74, 6) is 0.526. The number of Topliss-reactive ketones (excluding diaryl/α,β-unsaturated/α-hetero) is 1. The van der Waals surface area contributed by atoms with E-state index < -0.39 is 5.92 Å². The van der Waals surface area contributed by atoms with Crippen molar-refractivity contribution in [1.82, 2.24) is 5.32 Å². The van der Waals surface area contributed by atoms with Gasteiger partial charge in [0.1, 0.15) is 11.9 Å². The smallest absolute Gasteiger partial charge is 0.337 e. The highest BCUT2D eigenvalue weighted by atomic mass is 16.7. The molecule has 7 heteroatoms. The molecule has 1 saturated carbocycles. The van der Waals surface area contributed by atoms with Crippen LogP contribution < -0.4 is 14.8 Å². The minimum absolute atomic E-state index is 0.00659. The largest absolute Gasteiger partial charge is 0.508 e. The van der Waals surface area contributed by atoms with Crippen molar-refractivity contribution < 1.29 is 28.9 Å². The van der Waals surface area contributed by atoms with Crippen LogP contribution in [0.5, 0.6) is 17.2 Å². The highest BCUT2D eigenvalue weighted by Crippen LogP contribution is 2.47. The first kappa shape index (κ1) is 24.6. The molecule has 0 saturated heterocycles. The second kappa shape index (κ2) is 10.2. The molecule has 0 aromatic heterocycles. The summed E-state index contributed by atoms with van der Waals surface area (Å²) < 4.78 is 17.1. The number of hydrogen-bond acceptors (Lipinski definition) is 7. The van der Waals surface area contributed by atoms with E-state index in [0.29, 0.717) is 41.9 Å². The first-order valence-corrected chi connectivity index (χ1v) is 13.7. The predicted molar refractivity (Wildman–Crippen MR) is 141 cm³/mol. The molecule has 2 aromatic carbocycles. The van der Waals surface area contributed by atoms with Crippen molar-refractivity contribution in [3.63, 3.8) is 0 Å². The molecular weight excluding hydrogens is 482 g/mol. The number of carbonyl (C=O) groups is 2. The fourth-order valence-corrected chi connectivity index (χ4v) is 6.31. The van der Waals surface area contributed by atoms with Gasteiger partial charge in [0.05, 0.1) is 5.57 Å². The lowest BCUT2D eigenvalue weighted by Gasteiger charge is -2.37. The zero-order valence-electron chi connectivity index (χ0n) is 21.6. The predicted octanol–water partition coefficient (Wildman–Crippen LogP) is 5.75. The van der Waals surface area contributed by atoms with Gasteiger partial charge in [-0.3, -0.25) is 4.79 Å². The van der Waals surface area contributed by atoms with Gasteiger partial charge in [-0.15, -0.1) is 0 Å². The number of esters is 1. The van der Waals surface area contributed by atoms with Crippen molar-refractivity contribution in [3.8, 4) is 17.2 Å². The number of ether oxygens (including phenoxy) is 3. The number of nitrogens with one attached hydrogen (secondary N) is 1. The molecule has 6 rings (SSSR count). The summed E-state index contributed by atoms with van der Waals surface area (Å²) in [6.07, 6.45) is 6.46. The van der Waals surface area contributed by atoms with Gasteiger partial charge in [-0.05, 0) is 79.8 Å². The Balaban J connectivity index is 1.38. The van der Waals surface area contributed by atoms with Crippen LogP contribution in [0.4, 0.5) is 0 Å². The molecule has 2 unspecified atom stereocenters. The van der Waals surface area contributed by atoms with Crippen LogP contribution in [0.3, 0.4) is 0 Å². The average Bonchev–Trinajstić information content (AvgIpc) is 3.40. The van der Waals surface area contributed by atoms with E-state index in [-0.39, 0.29) is 36.3 Å². The van der Waals surface area contributed by atoms with Crippen LogP contribution in [0.25, 0.3) is 0 Å². The summed E-state index contributed by atoms with van der Waals surface area (Å²) in [7, 11) is 0. The summed E-state index contributed by atoms with van der Waals surface area (Å²) in [4.78, 5) is 27.6. The standard InChI is InChI=1S/C31H33NO6/c1-2-23-30(31(35)38-22-9-4-3-5-10-22)28(19-7-6-8-21(33)13-19)29-24(32-23)14-20(15-25(29)34)18-11-12-26-27(16-18)37-17-36-26/h6-8,11-13,16,20,22,28,32-33H,2-5,9-10,14-15,17H2,1H3. The molecule has 0 radical (unpaired) electrons. The number of aromatic hydroxyl groups is 1. The van der Waals surface area contributed by atoms with E-state index in [1.165, 1.54) is 6.42 Å². The maximum atomic E-state index is 13.9. The van der Waals surface area contributed by atoms with Crippen molar-refractivity contribution in [2.45, 2.75) is 76.2 Å².